The molecule has 2 heterocycles. The van der Waals surface area contributed by atoms with E-state index in [1.165, 1.54) is 18.9 Å². The molecule has 16 heavy (non-hydrogen) atoms. The highest BCUT2D eigenvalue weighted by atomic mass is 32.2. The average molecular weight is 240 g/mol. The van der Waals surface area contributed by atoms with Crippen molar-refractivity contribution in [1.29, 1.82) is 0 Å². The van der Waals surface area contributed by atoms with E-state index in [0.717, 1.165) is 10.6 Å². The molecule has 1 aliphatic heterocycles. The van der Waals surface area contributed by atoms with E-state index in [0.29, 0.717) is 12.2 Å². The fraction of sp³-hybridized carbons (Fsp3) is 0.400. The van der Waals surface area contributed by atoms with Gasteiger partial charge in [0.25, 0.3) is 0 Å². The van der Waals surface area contributed by atoms with Gasteiger partial charge < -0.3 is 15.2 Å². The Hall–Kier alpha value is -1.27. The number of hydrogen-bond acceptors (Lipinski definition) is 6. The number of carbonyl (C=O) groups excluding carboxylic acids is 1. The Morgan fingerprint density at radius 3 is 3.00 bits per heavy atom. The fourth-order valence-electron chi connectivity index (χ4n) is 1.58. The van der Waals surface area contributed by atoms with Crippen LogP contribution in [0.1, 0.15) is 5.56 Å². The Kier molecular flexibility index (Phi) is 2.77. The van der Waals surface area contributed by atoms with Crippen molar-refractivity contribution in [3.8, 4) is 5.75 Å². The van der Waals surface area contributed by atoms with Crippen molar-refractivity contribution in [3.63, 3.8) is 0 Å². The number of nitrogens with zero attached hydrogens (tertiary/aromatic N) is 1. The van der Waals surface area contributed by atoms with E-state index in [2.05, 4.69) is 9.72 Å². The SMILES string of the molecule is COC(=O)C1(N)Cc2cc(OC)cnc2S1. The molecule has 1 aromatic rings. The molecule has 2 rings (SSSR count). The number of nitrogens with two attached hydrogens (primary N) is 1. The number of aromatic nitrogens is 1. The summed E-state index contributed by atoms with van der Waals surface area (Å²) in [6.45, 7) is 0. The third-order valence-electron chi connectivity index (χ3n) is 2.40. The van der Waals surface area contributed by atoms with Crippen molar-refractivity contribution in [3.05, 3.63) is 17.8 Å². The number of carbonyl (C=O) groups is 1. The number of thioether (sulfide) groups is 1. The van der Waals surface area contributed by atoms with Gasteiger partial charge in [-0.3, -0.25) is 0 Å². The van der Waals surface area contributed by atoms with E-state index in [1.54, 1.807) is 13.3 Å². The molecule has 1 aliphatic rings. The van der Waals surface area contributed by atoms with Crippen LogP contribution in [-0.2, 0) is 16.0 Å². The molecule has 0 saturated carbocycles. The van der Waals surface area contributed by atoms with Crippen LogP contribution in [0.25, 0.3) is 0 Å². The molecule has 1 aromatic heterocycles. The average Bonchev–Trinajstić information content (AvgIpc) is 2.64. The van der Waals surface area contributed by atoms with Crippen LogP contribution in [0.3, 0.4) is 0 Å². The predicted octanol–water partition coefficient (Wildman–Crippen LogP) is 0.566. The van der Waals surface area contributed by atoms with Gasteiger partial charge in [0, 0.05) is 6.42 Å². The smallest absolute Gasteiger partial charge is 0.337 e. The maximum absolute atomic E-state index is 11.5. The van der Waals surface area contributed by atoms with Gasteiger partial charge in [0.15, 0.2) is 4.87 Å². The van der Waals surface area contributed by atoms with Crippen LogP contribution in [0.15, 0.2) is 17.3 Å². The van der Waals surface area contributed by atoms with Crippen LogP contribution in [0.4, 0.5) is 0 Å². The maximum Gasteiger partial charge on any atom is 0.337 e. The number of esters is 1. The first-order chi connectivity index (χ1) is 7.59. The summed E-state index contributed by atoms with van der Waals surface area (Å²) in [5.41, 5.74) is 6.88. The summed E-state index contributed by atoms with van der Waals surface area (Å²) < 4.78 is 9.75. The van der Waals surface area contributed by atoms with Gasteiger partial charge in [-0.25, -0.2) is 9.78 Å². The Morgan fingerprint density at radius 2 is 2.38 bits per heavy atom. The van der Waals surface area contributed by atoms with E-state index in [-0.39, 0.29) is 0 Å². The summed E-state index contributed by atoms with van der Waals surface area (Å²) in [4.78, 5) is 14.7. The molecule has 0 aliphatic carbocycles. The summed E-state index contributed by atoms with van der Waals surface area (Å²) in [7, 11) is 2.90. The minimum atomic E-state index is -1.06. The molecule has 6 heteroatoms. The lowest BCUT2D eigenvalue weighted by atomic mass is 10.1. The third-order valence-corrected chi connectivity index (χ3v) is 3.63. The van der Waals surface area contributed by atoms with Crippen LogP contribution < -0.4 is 10.5 Å². The van der Waals surface area contributed by atoms with Gasteiger partial charge in [0.1, 0.15) is 10.8 Å². The van der Waals surface area contributed by atoms with E-state index in [9.17, 15) is 4.79 Å². The van der Waals surface area contributed by atoms with Gasteiger partial charge >= 0.3 is 5.97 Å². The van der Waals surface area contributed by atoms with Crippen molar-refractivity contribution in [2.75, 3.05) is 14.2 Å². The lowest BCUT2D eigenvalue weighted by Crippen LogP contribution is -2.45. The highest BCUT2D eigenvalue weighted by molar-refractivity contribution is 8.01. The lowest BCUT2D eigenvalue weighted by Gasteiger charge is -2.17. The Bertz CT molecular complexity index is 438. The van der Waals surface area contributed by atoms with Crippen molar-refractivity contribution < 1.29 is 14.3 Å². The minimum Gasteiger partial charge on any atom is -0.495 e. The van der Waals surface area contributed by atoms with Crippen LogP contribution in [0.5, 0.6) is 5.75 Å². The quantitative estimate of drug-likeness (QED) is 0.762. The number of methoxy groups -OCH3 is 2. The maximum atomic E-state index is 11.5. The van der Waals surface area contributed by atoms with Crippen LogP contribution in [0.2, 0.25) is 0 Å². The van der Waals surface area contributed by atoms with Crippen molar-refractivity contribution in [1.82, 2.24) is 4.98 Å². The number of ether oxygens (including phenoxy) is 2. The summed E-state index contributed by atoms with van der Waals surface area (Å²) in [6, 6.07) is 1.84. The Labute approximate surface area is 97.3 Å². The summed E-state index contributed by atoms with van der Waals surface area (Å²) in [5.74, 6) is 0.225. The molecular weight excluding hydrogens is 228 g/mol. The molecule has 0 bridgehead atoms. The Morgan fingerprint density at radius 1 is 1.62 bits per heavy atom. The van der Waals surface area contributed by atoms with Crippen molar-refractivity contribution in [2.45, 2.75) is 16.3 Å². The largest absolute Gasteiger partial charge is 0.495 e. The predicted molar refractivity (Wildman–Crippen MR) is 59.3 cm³/mol. The van der Waals surface area contributed by atoms with Gasteiger partial charge in [-0.2, -0.15) is 0 Å². The van der Waals surface area contributed by atoms with Gasteiger partial charge in [-0.1, -0.05) is 11.8 Å². The number of pyridine rings is 1. The lowest BCUT2D eigenvalue weighted by molar-refractivity contribution is -0.143. The monoisotopic (exact) mass is 240 g/mol. The molecule has 0 aromatic carbocycles. The van der Waals surface area contributed by atoms with Gasteiger partial charge in [-0.05, 0) is 11.6 Å². The molecule has 2 N–H and O–H groups in total. The van der Waals surface area contributed by atoms with E-state index < -0.39 is 10.8 Å². The fourth-order valence-corrected chi connectivity index (χ4v) is 2.69. The topological polar surface area (TPSA) is 74.4 Å². The zero-order valence-corrected chi connectivity index (χ0v) is 9.84. The first kappa shape index (κ1) is 11.2. The second kappa shape index (κ2) is 3.95. The molecule has 1 unspecified atom stereocenters. The number of rotatable bonds is 2. The van der Waals surface area contributed by atoms with Crippen LogP contribution in [0, 0.1) is 0 Å². The van der Waals surface area contributed by atoms with Gasteiger partial charge in [0.2, 0.25) is 0 Å². The van der Waals surface area contributed by atoms with Crippen LogP contribution in [-0.4, -0.2) is 30.0 Å². The van der Waals surface area contributed by atoms with Crippen molar-refractivity contribution in [2.24, 2.45) is 5.73 Å². The molecule has 0 amide bonds. The number of hydrogen-bond donors (Lipinski definition) is 1. The van der Waals surface area contributed by atoms with Gasteiger partial charge in [-0.15, -0.1) is 0 Å². The van der Waals surface area contributed by atoms with Gasteiger partial charge in [0.05, 0.1) is 20.4 Å². The summed E-state index contributed by atoms with van der Waals surface area (Å²) in [5, 5.41) is 0.758. The first-order valence-electron chi connectivity index (χ1n) is 4.68. The molecule has 86 valence electrons. The summed E-state index contributed by atoms with van der Waals surface area (Å²) in [6.07, 6.45) is 2.01. The Balaban J connectivity index is 2.30. The van der Waals surface area contributed by atoms with E-state index >= 15 is 0 Å². The standard InChI is InChI=1S/C10H12N2O3S/c1-14-7-3-6-4-10(11,9(13)15-2)16-8(6)12-5-7/h3,5H,4,11H2,1-2H3. The molecule has 0 fully saturated rings. The highest BCUT2D eigenvalue weighted by Gasteiger charge is 2.43. The normalized spacial score (nSPS) is 22.7. The van der Waals surface area contributed by atoms with E-state index in [4.69, 9.17) is 10.5 Å². The molecule has 0 spiro atoms. The molecule has 0 radical (unpaired) electrons. The zero-order valence-electron chi connectivity index (χ0n) is 9.02. The minimum absolute atomic E-state index is 0.407. The van der Waals surface area contributed by atoms with E-state index in [1.807, 2.05) is 6.07 Å². The summed E-state index contributed by atoms with van der Waals surface area (Å²) >= 11 is 1.23. The zero-order chi connectivity index (χ0) is 11.8. The molecule has 1 atom stereocenters. The highest BCUT2D eigenvalue weighted by Crippen LogP contribution is 2.42. The second-order valence-electron chi connectivity index (χ2n) is 3.50. The third kappa shape index (κ3) is 1.74. The molecular formula is C10H12N2O3S. The van der Waals surface area contributed by atoms with Crippen molar-refractivity contribution >= 4 is 17.7 Å². The molecule has 5 nitrogen and oxygen atoms in total. The molecule has 0 saturated heterocycles. The van der Waals surface area contributed by atoms with Crippen LogP contribution >= 0.6 is 11.8 Å². The second-order valence-corrected chi connectivity index (χ2v) is 4.82. The number of fused-ring (bicyclic) bond motifs is 1. The first-order valence-corrected chi connectivity index (χ1v) is 5.50.